The van der Waals surface area contributed by atoms with Crippen molar-refractivity contribution in [2.75, 3.05) is 0 Å². The van der Waals surface area contributed by atoms with Crippen molar-refractivity contribution in [3.63, 3.8) is 0 Å². The van der Waals surface area contributed by atoms with E-state index in [-0.39, 0.29) is 5.56 Å². The summed E-state index contributed by atoms with van der Waals surface area (Å²) in [5.74, 6) is 0. The predicted molar refractivity (Wildman–Crippen MR) is 59.1 cm³/mol. The maximum atomic E-state index is 12.4. The van der Waals surface area contributed by atoms with Gasteiger partial charge in [-0.1, -0.05) is 36.4 Å². The lowest BCUT2D eigenvalue weighted by molar-refractivity contribution is -0.126. The molecule has 0 aromatic heterocycles. The predicted octanol–water partition coefficient (Wildman–Crippen LogP) is 3.76. The number of hydrogen-bond acceptors (Lipinski definition) is 1. The van der Waals surface area contributed by atoms with E-state index in [0.29, 0.717) is 22.6 Å². The van der Waals surface area contributed by atoms with Crippen LogP contribution in [0.15, 0.2) is 36.4 Å². The fourth-order valence-electron chi connectivity index (χ4n) is 1.86. The third-order valence-corrected chi connectivity index (χ3v) is 2.57. The smallest absolute Gasteiger partial charge is 0.298 e. The minimum Gasteiger partial charge on any atom is -0.298 e. The van der Waals surface area contributed by atoms with Gasteiger partial charge in [0.2, 0.25) is 0 Å². The Labute approximate surface area is 95.9 Å². The normalized spacial score (nSPS) is 11.7. The highest BCUT2D eigenvalue weighted by molar-refractivity contribution is 5.99. The number of rotatable bonds is 2. The van der Waals surface area contributed by atoms with Gasteiger partial charge in [0.25, 0.3) is 0 Å². The molecule has 0 radical (unpaired) electrons. The average Bonchev–Trinajstić information content (AvgIpc) is 2.28. The van der Waals surface area contributed by atoms with Crippen LogP contribution in [0, 0.1) is 0 Å². The van der Waals surface area contributed by atoms with Gasteiger partial charge in [0.05, 0.1) is 6.42 Å². The van der Waals surface area contributed by atoms with Gasteiger partial charge in [0, 0.05) is 5.56 Å². The maximum absolute atomic E-state index is 12.4. The van der Waals surface area contributed by atoms with Gasteiger partial charge in [-0.3, -0.25) is 4.79 Å². The van der Waals surface area contributed by atoms with E-state index in [2.05, 4.69) is 0 Å². The zero-order valence-corrected chi connectivity index (χ0v) is 8.79. The molecule has 0 aliphatic rings. The molecule has 4 heteroatoms. The summed E-state index contributed by atoms with van der Waals surface area (Å²) in [6.07, 6.45) is -4.57. The first-order valence-corrected chi connectivity index (χ1v) is 5.04. The fourth-order valence-corrected chi connectivity index (χ4v) is 1.86. The highest BCUT2D eigenvalue weighted by Crippen LogP contribution is 2.28. The van der Waals surface area contributed by atoms with E-state index < -0.39 is 12.6 Å². The summed E-state index contributed by atoms with van der Waals surface area (Å²) in [5, 5.41) is 1.04. The first-order valence-electron chi connectivity index (χ1n) is 5.04. The molecule has 0 spiro atoms. The van der Waals surface area contributed by atoms with Gasteiger partial charge >= 0.3 is 6.18 Å². The van der Waals surface area contributed by atoms with Crippen molar-refractivity contribution < 1.29 is 18.0 Å². The number of benzene rings is 2. The SMILES string of the molecule is O=Cc1ccc(CC(F)(F)F)c2ccccc12. The van der Waals surface area contributed by atoms with Crippen LogP contribution >= 0.6 is 0 Å². The Morgan fingerprint density at radius 3 is 2.24 bits per heavy atom. The third kappa shape index (κ3) is 2.46. The van der Waals surface area contributed by atoms with E-state index in [4.69, 9.17) is 0 Å². The van der Waals surface area contributed by atoms with Gasteiger partial charge < -0.3 is 0 Å². The fraction of sp³-hybridized carbons (Fsp3) is 0.154. The van der Waals surface area contributed by atoms with Crippen LogP contribution in [0.5, 0.6) is 0 Å². The summed E-state index contributed by atoms with van der Waals surface area (Å²) in [4.78, 5) is 10.8. The molecule has 88 valence electrons. The number of aldehydes is 1. The number of carbonyl (C=O) groups is 1. The van der Waals surface area contributed by atoms with E-state index in [1.54, 1.807) is 24.3 Å². The lowest BCUT2D eigenvalue weighted by Crippen LogP contribution is -2.11. The second kappa shape index (κ2) is 4.20. The summed E-state index contributed by atoms with van der Waals surface area (Å²) in [6, 6.07) is 9.40. The molecular weight excluding hydrogens is 229 g/mol. The van der Waals surface area contributed by atoms with Gasteiger partial charge in [-0.05, 0) is 16.3 Å². The summed E-state index contributed by atoms with van der Waals surface area (Å²) in [5.41, 5.74) is 0.602. The molecule has 0 amide bonds. The number of fused-ring (bicyclic) bond motifs is 1. The molecule has 2 aromatic rings. The molecule has 0 saturated carbocycles. The lowest BCUT2D eigenvalue weighted by Gasteiger charge is -2.10. The van der Waals surface area contributed by atoms with Crippen LogP contribution in [0.2, 0.25) is 0 Å². The zero-order chi connectivity index (χ0) is 12.5. The van der Waals surface area contributed by atoms with Crippen LogP contribution in [0.4, 0.5) is 13.2 Å². The van der Waals surface area contributed by atoms with Crippen LogP contribution in [0.3, 0.4) is 0 Å². The van der Waals surface area contributed by atoms with Gasteiger partial charge in [-0.2, -0.15) is 13.2 Å². The van der Waals surface area contributed by atoms with Crippen LogP contribution < -0.4 is 0 Å². The van der Waals surface area contributed by atoms with E-state index >= 15 is 0 Å². The number of alkyl halides is 3. The average molecular weight is 238 g/mol. The van der Waals surface area contributed by atoms with Crippen molar-refractivity contribution in [3.05, 3.63) is 47.5 Å². The second-order valence-electron chi connectivity index (χ2n) is 3.77. The van der Waals surface area contributed by atoms with Gasteiger partial charge in [0.1, 0.15) is 0 Å². The number of carbonyl (C=O) groups excluding carboxylic acids is 1. The number of halogens is 3. The summed E-state index contributed by atoms with van der Waals surface area (Å²) < 4.78 is 37.1. The Balaban J connectivity index is 2.62. The van der Waals surface area contributed by atoms with E-state index in [9.17, 15) is 18.0 Å². The highest BCUT2D eigenvalue weighted by Gasteiger charge is 2.28. The zero-order valence-electron chi connectivity index (χ0n) is 8.79. The topological polar surface area (TPSA) is 17.1 Å². The Kier molecular flexibility index (Phi) is 2.88. The van der Waals surface area contributed by atoms with E-state index in [0.717, 1.165) is 0 Å². The Morgan fingerprint density at radius 1 is 1.00 bits per heavy atom. The Hall–Kier alpha value is -1.84. The van der Waals surface area contributed by atoms with E-state index in [1.165, 1.54) is 12.1 Å². The van der Waals surface area contributed by atoms with Crippen molar-refractivity contribution in [2.24, 2.45) is 0 Å². The van der Waals surface area contributed by atoms with Crippen LogP contribution in [0.1, 0.15) is 15.9 Å². The van der Waals surface area contributed by atoms with Crippen molar-refractivity contribution in [1.29, 1.82) is 0 Å². The standard InChI is InChI=1S/C13H9F3O/c14-13(15,16)7-9-5-6-10(8-17)12-4-2-1-3-11(9)12/h1-6,8H,7H2. The molecule has 0 fully saturated rings. The minimum absolute atomic E-state index is 0.193. The van der Waals surface area contributed by atoms with Crippen LogP contribution in [0.25, 0.3) is 10.8 Å². The first kappa shape index (κ1) is 11.6. The highest BCUT2D eigenvalue weighted by atomic mass is 19.4. The molecule has 0 aliphatic heterocycles. The molecule has 17 heavy (non-hydrogen) atoms. The Bertz CT molecular complexity index is 558. The Morgan fingerprint density at radius 2 is 1.65 bits per heavy atom. The minimum atomic E-state index is -4.24. The quantitative estimate of drug-likeness (QED) is 0.728. The largest absolute Gasteiger partial charge is 0.393 e. The lowest BCUT2D eigenvalue weighted by atomic mass is 9.98. The number of hydrogen-bond donors (Lipinski definition) is 0. The molecule has 0 aliphatic carbocycles. The van der Waals surface area contributed by atoms with Crippen molar-refractivity contribution in [1.82, 2.24) is 0 Å². The molecule has 2 rings (SSSR count). The third-order valence-electron chi connectivity index (χ3n) is 2.57. The van der Waals surface area contributed by atoms with E-state index in [1.807, 2.05) is 0 Å². The molecule has 1 nitrogen and oxygen atoms in total. The molecule has 0 N–H and O–H groups in total. The van der Waals surface area contributed by atoms with Gasteiger partial charge in [0.15, 0.2) is 6.29 Å². The summed E-state index contributed by atoms with van der Waals surface area (Å²) in [6.45, 7) is 0. The molecule has 0 unspecified atom stereocenters. The molecule has 2 aromatic carbocycles. The first-order chi connectivity index (χ1) is 8.01. The van der Waals surface area contributed by atoms with Crippen molar-refractivity contribution in [2.45, 2.75) is 12.6 Å². The van der Waals surface area contributed by atoms with Crippen molar-refractivity contribution in [3.8, 4) is 0 Å². The summed E-state index contributed by atoms with van der Waals surface area (Å²) in [7, 11) is 0. The van der Waals surface area contributed by atoms with Crippen LogP contribution in [-0.4, -0.2) is 12.5 Å². The molecule has 0 atom stereocenters. The monoisotopic (exact) mass is 238 g/mol. The van der Waals surface area contributed by atoms with Gasteiger partial charge in [-0.15, -0.1) is 0 Å². The van der Waals surface area contributed by atoms with Crippen LogP contribution in [-0.2, 0) is 6.42 Å². The molecular formula is C13H9F3O. The van der Waals surface area contributed by atoms with Gasteiger partial charge in [-0.25, -0.2) is 0 Å². The molecule has 0 heterocycles. The molecule has 0 bridgehead atoms. The maximum Gasteiger partial charge on any atom is 0.393 e. The summed E-state index contributed by atoms with van der Waals surface area (Å²) >= 11 is 0. The van der Waals surface area contributed by atoms with Crippen molar-refractivity contribution >= 4 is 17.1 Å². The molecule has 0 saturated heterocycles. The second-order valence-corrected chi connectivity index (χ2v) is 3.77.